The molecule has 0 aromatic heterocycles. The number of benzene rings is 1. The summed E-state index contributed by atoms with van der Waals surface area (Å²) in [6.45, 7) is 5.98. The molecular weight excluding hydrogens is 311 g/mol. The van der Waals surface area contributed by atoms with E-state index in [1.54, 1.807) is 12.1 Å². The second kappa shape index (κ2) is 9.84. The minimum absolute atomic E-state index is 0.0449. The fourth-order valence-electron chi connectivity index (χ4n) is 1.77. The van der Waals surface area contributed by atoms with Crippen molar-refractivity contribution in [2.45, 2.75) is 26.3 Å². The molecule has 0 saturated heterocycles. The lowest BCUT2D eigenvalue weighted by Gasteiger charge is -2.18. The van der Waals surface area contributed by atoms with Gasteiger partial charge in [-0.1, -0.05) is 29.3 Å². The molecule has 1 atom stereocenters. The lowest BCUT2D eigenvalue weighted by atomic mass is 10.1. The van der Waals surface area contributed by atoms with Crippen LogP contribution < -0.4 is 16.6 Å². The Morgan fingerprint density at radius 1 is 1.43 bits per heavy atom. The number of nitrogens with zero attached hydrogens (tertiary/aromatic N) is 1. The fraction of sp³-hybridized carbons (Fsp3) is 0.500. The van der Waals surface area contributed by atoms with Gasteiger partial charge in [-0.2, -0.15) is 0 Å². The van der Waals surface area contributed by atoms with Gasteiger partial charge in [-0.05, 0) is 38.0 Å². The highest BCUT2D eigenvalue weighted by atomic mass is 35.5. The van der Waals surface area contributed by atoms with Crippen LogP contribution in [0.4, 0.5) is 0 Å². The summed E-state index contributed by atoms with van der Waals surface area (Å²) in [5.41, 5.74) is 3.48. The van der Waals surface area contributed by atoms with Crippen molar-refractivity contribution in [1.29, 1.82) is 0 Å². The first kappa shape index (κ1) is 18.0. The van der Waals surface area contributed by atoms with Crippen LogP contribution in [0, 0.1) is 0 Å². The summed E-state index contributed by atoms with van der Waals surface area (Å²) in [6.07, 6.45) is 0.844. The van der Waals surface area contributed by atoms with Crippen LogP contribution in [0.25, 0.3) is 0 Å². The number of hydrazine groups is 1. The molecule has 21 heavy (non-hydrogen) atoms. The summed E-state index contributed by atoms with van der Waals surface area (Å²) < 4.78 is 5.26. The number of guanidine groups is 1. The number of halogens is 2. The molecule has 0 aliphatic rings. The van der Waals surface area contributed by atoms with Gasteiger partial charge in [0.15, 0.2) is 0 Å². The van der Waals surface area contributed by atoms with Gasteiger partial charge in [-0.3, -0.25) is 10.4 Å². The predicted octanol–water partition coefficient (Wildman–Crippen LogP) is 2.89. The summed E-state index contributed by atoms with van der Waals surface area (Å²) in [5, 5.41) is 4.40. The quantitative estimate of drug-likeness (QED) is 0.236. The monoisotopic (exact) mass is 332 g/mol. The van der Waals surface area contributed by atoms with E-state index in [0.717, 1.165) is 18.6 Å². The Kier molecular flexibility index (Phi) is 8.45. The van der Waals surface area contributed by atoms with E-state index in [1.807, 2.05) is 19.9 Å². The smallest absolute Gasteiger partial charge is 0.206 e. The molecule has 0 radical (unpaired) electrons. The highest BCUT2D eigenvalue weighted by molar-refractivity contribution is 6.35. The molecule has 5 nitrogen and oxygen atoms in total. The molecule has 0 amide bonds. The van der Waals surface area contributed by atoms with Gasteiger partial charge in [-0.25, -0.2) is 5.84 Å². The van der Waals surface area contributed by atoms with E-state index < -0.39 is 0 Å². The van der Waals surface area contributed by atoms with Crippen LogP contribution in [0.15, 0.2) is 23.2 Å². The normalized spacial score (nSPS) is 13.1. The average Bonchev–Trinajstić information content (AvgIpc) is 2.45. The first-order valence-electron chi connectivity index (χ1n) is 6.88. The van der Waals surface area contributed by atoms with Crippen molar-refractivity contribution in [2.24, 2.45) is 10.8 Å². The van der Waals surface area contributed by atoms with Gasteiger partial charge in [0.1, 0.15) is 0 Å². The third kappa shape index (κ3) is 6.52. The number of ether oxygens (including phenoxy) is 1. The van der Waals surface area contributed by atoms with Crippen LogP contribution >= 0.6 is 23.2 Å². The molecule has 0 heterocycles. The molecule has 1 aromatic rings. The summed E-state index contributed by atoms with van der Waals surface area (Å²) in [6, 6.07) is 5.35. The number of aliphatic imine (C=N–C) groups is 1. The maximum atomic E-state index is 6.18. The molecule has 0 bridgehead atoms. The Morgan fingerprint density at radius 2 is 2.19 bits per heavy atom. The van der Waals surface area contributed by atoms with Crippen LogP contribution in [0.2, 0.25) is 10.0 Å². The second-order valence-corrected chi connectivity index (χ2v) is 5.30. The molecule has 0 fully saturated rings. The summed E-state index contributed by atoms with van der Waals surface area (Å²) >= 11 is 12.1. The van der Waals surface area contributed by atoms with Crippen molar-refractivity contribution in [3.05, 3.63) is 33.8 Å². The SMILES string of the molecule is CCOCCCN=C(NN)NC(C)c1ccc(Cl)cc1Cl. The third-order valence-electron chi connectivity index (χ3n) is 2.84. The number of nitrogens with one attached hydrogen (secondary N) is 2. The molecule has 1 rings (SSSR count). The highest BCUT2D eigenvalue weighted by Gasteiger charge is 2.11. The van der Waals surface area contributed by atoms with E-state index in [0.29, 0.717) is 29.2 Å². The topological polar surface area (TPSA) is 71.7 Å². The van der Waals surface area contributed by atoms with E-state index in [1.165, 1.54) is 0 Å². The lowest BCUT2D eigenvalue weighted by Crippen LogP contribution is -2.42. The van der Waals surface area contributed by atoms with Gasteiger partial charge in [0.2, 0.25) is 5.96 Å². The van der Waals surface area contributed by atoms with Gasteiger partial charge < -0.3 is 10.1 Å². The largest absolute Gasteiger partial charge is 0.382 e. The lowest BCUT2D eigenvalue weighted by molar-refractivity contribution is 0.146. The Hall–Kier alpha value is -1.01. The van der Waals surface area contributed by atoms with Gasteiger partial charge in [0.05, 0.1) is 6.04 Å². The number of rotatable bonds is 7. The Balaban J connectivity index is 2.57. The van der Waals surface area contributed by atoms with Crippen LogP contribution in [0.1, 0.15) is 31.9 Å². The minimum Gasteiger partial charge on any atom is -0.382 e. The number of hydrogen-bond acceptors (Lipinski definition) is 3. The van der Waals surface area contributed by atoms with Crippen LogP contribution in [0.5, 0.6) is 0 Å². The van der Waals surface area contributed by atoms with Gasteiger partial charge in [0, 0.05) is 29.8 Å². The maximum Gasteiger partial charge on any atom is 0.206 e. The molecule has 7 heteroatoms. The Bertz CT molecular complexity index is 468. The summed E-state index contributed by atoms with van der Waals surface area (Å²) in [7, 11) is 0. The van der Waals surface area contributed by atoms with Crippen LogP contribution in [0.3, 0.4) is 0 Å². The number of nitrogens with two attached hydrogens (primary N) is 1. The van der Waals surface area contributed by atoms with Crippen LogP contribution in [-0.2, 0) is 4.74 Å². The Morgan fingerprint density at radius 3 is 2.81 bits per heavy atom. The van der Waals surface area contributed by atoms with E-state index in [4.69, 9.17) is 33.8 Å². The summed E-state index contributed by atoms with van der Waals surface area (Å²) in [5.74, 6) is 5.99. The first-order chi connectivity index (χ1) is 10.1. The third-order valence-corrected chi connectivity index (χ3v) is 3.40. The molecule has 0 aliphatic heterocycles. The van der Waals surface area contributed by atoms with Gasteiger partial charge in [-0.15, -0.1) is 0 Å². The predicted molar refractivity (Wildman–Crippen MR) is 88.7 cm³/mol. The van der Waals surface area contributed by atoms with Gasteiger partial charge in [0.25, 0.3) is 0 Å². The van der Waals surface area contributed by atoms with Crippen molar-refractivity contribution in [3.63, 3.8) is 0 Å². The molecule has 4 N–H and O–H groups in total. The molecule has 1 unspecified atom stereocenters. The van der Waals surface area contributed by atoms with Crippen molar-refractivity contribution in [3.8, 4) is 0 Å². The maximum absolute atomic E-state index is 6.18. The van der Waals surface area contributed by atoms with Crippen molar-refractivity contribution >= 4 is 29.2 Å². The molecule has 0 spiro atoms. The zero-order valence-corrected chi connectivity index (χ0v) is 13.8. The first-order valence-corrected chi connectivity index (χ1v) is 7.64. The second-order valence-electron chi connectivity index (χ2n) is 4.46. The van der Waals surface area contributed by atoms with Crippen molar-refractivity contribution in [2.75, 3.05) is 19.8 Å². The van der Waals surface area contributed by atoms with E-state index in [-0.39, 0.29) is 6.04 Å². The standard InChI is InChI=1S/C14H22Cl2N4O/c1-3-21-8-4-7-18-14(20-17)19-10(2)12-6-5-11(15)9-13(12)16/h5-6,9-10H,3-4,7-8,17H2,1-2H3,(H2,18,19,20). The minimum atomic E-state index is -0.0449. The highest BCUT2D eigenvalue weighted by Crippen LogP contribution is 2.25. The molecule has 1 aromatic carbocycles. The molecule has 0 aliphatic carbocycles. The van der Waals surface area contributed by atoms with Gasteiger partial charge >= 0.3 is 0 Å². The summed E-state index contributed by atoms with van der Waals surface area (Å²) in [4.78, 5) is 4.35. The Labute approximate surface area is 135 Å². The van der Waals surface area contributed by atoms with Crippen LogP contribution in [-0.4, -0.2) is 25.7 Å². The molecular formula is C14H22Cl2N4O. The molecule has 118 valence electrons. The van der Waals surface area contributed by atoms with E-state index in [9.17, 15) is 0 Å². The molecule has 0 saturated carbocycles. The van der Waals surface area contributed by atoms with Crippen molar-refractivity contribution in [1.82, 2.24) is 10.7 Å². The number of hydrogen-bond donors (Lipinski definition) is 3. The van der Waals surface area contributed by atoms with Crippen molar-refractivity contribution < 1.29 is 4.74 Å². The zero-order chi connectivity index (χ0) is 15.7. The van der Waals surface area contributed by atoms with E-state index >= 15 is 0 Å². The zero-order valence-electron chi connectivity index (χ0n) is 12.3. The average molecular weight is 333 g/mol. The fourth-order valence-corrected chi connectivity index (χ4v) is 2.34. The van der Waals surface area contributed by atoms with E-state index in [2.05, 4.69) is 15.7 Å².